The maximum absolute atomic E-state index is 13.4. The third-order valence-electron chi connectivity index (χ3n) is 7.34. The standard InChI is InChI=1S/C29H31N3O9/c1-14(2)25(26(34)24-15(3)27(35)32-29(24)37)31-23(33)12-18(16-4-6-19-21(10-16)39-9-8-38-19)30-28(36)17-5-7-20-22(11-17)41-13-40-20/h4-7,10-11,14-15,18,24-25H,8-9,12-13H2,1-3H3,(H,30,36)(H,31,33)(H,32,35,37)/t15-,18?,24+,25-/m0/s1. The maximum atomic E-state index is 13.4. The van der Waals surface area contributed by atoms with E-state index in [0.717, 1.165) is 0 Å². The van der Waals surface area contributed by atoms with E-state index in [-0.39, 0.29) is 19.1 Å². The molecule has 1 unspecified atom stereocenters. The summed E-state index contributed by atoms with van der Waals surface area (Å²) in [7, 11) is 0. The molecule has 2 aromatic carbocycles. The average Bonchev–Trinajstić information content (AvgIpc) is 3.52. The number of benzene rings is 2. The second-order valence-electron chi connectivity index (χ2n) is 10.5. The summed E-state index contributed by atoms with van der Waals surface area (Å²) in [5, 5.41) is 7.81. The summed E-state index contributed by atoms with van der Waals surface area (Å²) in [5.41, 5.74) is 0.888. The molecule has 12 nitrogen and oxygen atoms in total. The number of imide groups is 1. The van der Waals surface area contributed by atoms with Crippen molar-refractivity contribution in [2.45, 2.75) is 39.3 Å². The van der Waals surface area contributed by atoms with Crippen LogP contribution in [0, 0.1) is 17.8 Å². The molecule has 5 rings (SSSR count). The number of ketones is 1. The molecule has 0 aliphatic carbocycles. The lowest BCUT2D eigenvalue weighted by atomic mass is 9.85. The van der Waals surface area contributed by atoms with Gasteiger partial charge in [0.05, 0.1) is 24.4 Å². The van der Waals surface area contributed by atoms with E-state index in [9.17, 15) is 24.0 Å². The Hall–Kier alpha value is -4.61. The van der Waals surface area contributed by atoms with Gasteiger partial charge < -0.3 is 29.6 Å². The van der Waals surface area contributed by atoms with Crippen molar-refractivity contribution in [3.63, 3.8) is 0 Å². The van der Waals surface area contributed by atoms with E-state index in [2.05, 4.69) is 16.0 Å². The van der Waals surface area contributed by atoms with Crippen LogP contribution in [0.2, 0.25) is 0 Å². The topological polar surface area (TPSA) is 158 Å². The maximum Gasteiger partial charge on any atom is 0.251 e. The average molecular weight is 566 g/mol. The van der Waals surface area contributed by atoms with Crippen LogP contribution >= 0.6 is 0 Å². The Morgan fingerprint density at radius 2 is 1.54 bits per heavy atom. The van der Waals surface area contributed by atoms with Gasteiger partial charge >= 0.3 is 0 Å². The van der Waals surface area contributed by atoms with Crippen molar-refractivity contribution in [2.75, 3.05) is 20.0 Å². The van der Waals surface area contributed by atoms with Gasteiger partial charge in [0.2, 0.25) is 24.5 Å². The SMILES string of the molecule is CC(C)[C@H](NC(=O)CC(NC(=O)c1ccc2c(c1)OCO2)c1ccc2c(c1)OCCO2)C(=O)[C@@H]1C(=O)NC(=O)[C@H]1C. The van der Waals surface area contributed by atoms with Crippen LogP contribution in [-0.2, 0) is 19.2 Å². The number of hydrogen-bond acceptors (Lipinski definition) is 9. The molecular weight excluding hydrogens is 534 g/mol. The Kier molecular flexibility index (Phi) is 7.82. The lowest BCUT2D eigenvalue weighted by Gasteiger charge is -2.26. The van der Waals surface area contributed by atoms with E-state index in [1.165, 1.54) is 6.92 Å². The van der Waals surface area contributed by atoms with Gasteiger partial charge in [0, 0.05) is 5.56 Å². The van der Waals surface area contributed by atoms with Crippen molar-refractivity contribution < 1.29 is 42.9 Å². The van der Waals surface area contributed by atoms with Gasteiger partial charge in [-0.3, -0.25) is 29.3 Å². The molecule has 0 spiro atoms. The highest BCUT2D eigenvalue weighted by Gasteiger charge is 2.46. The second-order valence-corrected chi connectivity index (χ2v) is 10.5. The van der Waals surface area contributed by atoms with Gasteiger partial charge in [0.25, 0.3) is 5.91 Å². The third kappa shape index (κ3) is 5.81. The zero-order valence-electron chi connectivity index (χ0n) is 22.9. The predicted octanol–water partition coefficient (Wildman–Crippen LogP) is 1.67. The molecule has 1 fully saturated rings. The fourth-order valence-electron chi connectivity index (χ4n) is 5.05. The van der Waals surface area contributed by atoms with E-state index in [4.69, 9.17) is 18.9 Å². The van der Waals surface area contributed by atoms with Crippen LogP contribution in [0.3, 0.4) is 0 Å². The molecule has 3 N–H and O–H groups in total. The summed E-state index contributed by atoms with van der Waals surface area (Å²) in [6.07, 6.45) is -0.224. The molecular formula is C29H31N3O9. The number of carbonyl (C=O) groups excluding carboxylic acids is 5. The number of hydrogen-bond donors (Lipinski definition) is 3. The Morgan fingerprint density at radius 1 is 0.878 bits per heavy atom. The minimum atomic E-state index is -1.19. The number of fused-ring (bicyclic) bond motifs is 2. The Labute approximate surface area is 236 Å². The molecule has 4 atom stereocenters. The second kappa shape index (κ2) is 11.5. The molecule has 216 valence electrons. The summed E-state index contributed by atoms with van der Waals surface area (Å²) in [6.45, 7) is 5.81. The summed E-state index contributed by atoms with van der Waals surface area (Å²) < 4.78 is 22.0. The molecule has 4 amide bonds. The summed E-state index contributed by atoms with van der Waals surface area (Å²) in [4.78, 5) is 64.2. The minimum Gasteiger partial charge on any atom is -0.486 e. The number of ether oxygens (including phenoxy) is 4. The zero-order valence-corrected chi connectivity index (χ0v) is 22.9. The molecule has 0 bridgehead atoms. The van der Waals surface area contributed by atoms with Gasteiger partial charge in [-0.1, -0.05) is 26.8 Å². The fraction of sp³-hybridized carbons (Fsp3) is 0.414. The summed E-state index contributed by atoms with van der Waals surface area (Å²) in [6, 6.07) is 8.08. The van der Waals surface area contributed by atoms with E-state index in [1.54, 1.807) is 50.2 Å². The van der Waals surface area contributed by atoms with Crippen LogP contribution in [-0.4, -0.2) is 55.5 Å². The molecule has 41 heavy (non-hydrogen) atoms. The van der Waals surface area contributed by atoms with Gasteiger partial charge in [0.15, 0.2) is 28.8 Å². The van der Waals surface area contributed by atoms with Crippen molar-refractivity contribution in [2.24, 2.45) is 17.8 Å². The van der Waals surface area contributed by atoms with Crippen molar-refractivity contribution in [3.8, 4) is 23.0 Å². The fourth-order valence-corrected chi connectivity index (χ4v) is 5.05. The molecule has 3 heterocycles. The zero-order chi connectivity index (χ0) is 29.3. The summed E-state index contributed by atoms with van der Waals surface area (Å²) >= 11 is 0. The number of Topliss-reactive ketones (excluding diaryl/α,β-unsaturated/α-hetero) is 1. The lowest BCUT2D eigenvalue weighted by molar-refractivity contribution is -0.137. The van der Waals surface area contributed by atoms with Crippen LogP contribution in [0.25, 0.3) is 0 Å². The number of amides is 4. The third-order valence-corrected chi connectivity index (χ3v) is 7.34. The number of rotatable bonds is 9. The van der Waals surface area contributed by atoms with Crippen LogP contribution in [0.1, 0.15) is 49.2 Å². The Balaban J connectivity index is 1.36. The molecule has 0 radical (unpaired) electrons. The minimum absolute atomic E-state index is 0.0611. The quantitative estimate of drug-likeness (QED) is 0.304. The van der Waals surface area contributed by atoms with Gasteiger partial charge in [-0.25, -0.2) is 0 Å². The van der Waals surface area contributed by atoms with Gasteiger partial charge in [-0.15, -0.1) is 0 Å². The number of carbonyl (C=O) groups is 5. The first-order valence-corrected chi connectivity index (χ1v) is 13.4. The Bertz CT molecular complexity index is 1410. The van der Waals surface area contributed by atoms with Crippen molar-refractivity contribution >= 4 is 29.4 Å². The lowest BCUT2D eigenvalue weighted by Crippen LogP contribution is -2.49. The molecule has 3 aliphatic heterocycles. The largest absolute Gasteiger partial charge is 0.486 e. The Morgan fingerprint density at radius 3 is 2.24 bits per heavy atom. The van der Waals surface area contributed by atoms with Gasteiger partial charge in [0.1, 0.15) is 19.1 Å². The smallest absolute Gasteiger partial charge is 0.251 e. The first kappa shape index (κ1) is 27.9. The monoisotopic (exact) mass is 565 g/mol. The first-order valence-electron chi connectivity index (χ1n) is 13.4. The molecule has 0 aromatic heterocycles. The van der Waals surface area contributed by atoms with Crippen LogP contribution in [0.15, 0.2) is 36.4 Å². The van der Waals surface area contributed by atoms with E-state index >= 15 is 0 Å². The van der Waals surface area contributed by atoms with E-state index < -0.39 is 53.3 Å². The summed E-state index contributed by atoms with van der Waals surface area (Å²) in [5.74, 6) is -3.09. The van der Waals surface area contributed by atoms with Crippen molar-refractivity contribution in [1.82, 2.24) is 16.0 Å². The number of nitrogens with one attached hydrogen (secondary N) is 3. The van der Waals surface area contributed by atoms with Crippen LogP contribution in [0.5, 0.6) is 23.0 Å². The molecule has 1 saturated heterocycles. The molecule has 0 saturated carbocycles. The molecule has 3 aliphatic rings. The van der Waals surface area contributed by atoms with Crippen molar-refractivity contribution in [3.05, 3.63) is 47.5 Å². The predicted molar refractivity (Wildman–Crippen MR) is 142 cm³/mol. The van der Waals surface area contributed by atoms with Crippen LogP contribution < -0.4 is 34.9 Å². The highest BCUT2D eigenvalue weighted by molar-refractivity contribution is 6.16. The van der Waals surface area contributed by atoms with Crippen molar-refractivity contribution in [1.29, 1.82) is 0 Å². The van der Waals surface area contributed by atoms with Crippen LogP contribution in [0.4, 0.5) is 0 Å². The van der Waals surface area contributed by atoms with Gasteiger partial charge in [-0.05, 0) is 41.8 Å². The highest BCUT2D eigenvalue weighted by atomic mass is 16.7. The van der Waals surface area contributed by atoms with E-state index in [1.807, 2.05) is 0 Å². The first-order chi connectivity index (χ1) is 19.6. The molecule has 12 heteroatoms. The normalized spacial score (nSPS) is 20.3. The van der Waals surface area contributed by atoms with E-state index in [0.29, 0.717) is 47.3 Å². The van der Waals surface area contributed by atoms with Gasteiger partial charge in [-0.2, -0.15) is 0 Å². The highest BCUT2D eigenvalue weighted by Crippen LogP contribution is 2.35. The molecule has 2 aromatic rings.